The maximum absolute atomic E-state index is 13.3. The zero-order valence-electron chi connectivity index (χ0n) is 12.3. The van der Waals surface area contributed by atoms with Crippen LogP contribution >= 0.6 is 0 Å². The first-order valence-corrected chi connectivity index (χ1v) is 6.99. The number of anilines is 1. The summed E-state index contributed by atoms with van der Waals surface area (Å²) in [5.74, 6) is -0.139. The highest BCUT2D eigenvalue weighted by Gasteiger charge is 2.13. The zero-order chi connectivity index (χ0) is 15.7. The molecular weight excluding hydrogens is 285 g/mol. The maximum Gasteiger partial charge on any atom is 0.231 e. The van der Waals surface area contributed by atoms with E-state index in [0.29, 0.717) is 11.3 Å². The third-order valence-corrected chi connectivity index (χ3v) is 3.39. The lowest BCUT2D eigenvalue weighted by molar-refractivity contribution is -0.115. The normalized spacial score (nSPS) is 11.3. The van der Waals surface area contributed by atoms with Gasteiger partial charge < -0.3 is 4.98 Å². The Hall–Kier alpha value is -2.70. The molecule has 0 atom stereocenters. The van der Waals surface area contributed by atoms with Gasteiger partial charge in [-0.25, -0.2) is 9.07 Å². The number of carbonyl (C=O) groups is 1. The van der Waals surface area contributed by atoms with Crippen molar-refractivity contribution in [2.75, 3.05) is 5.32 Å². The number of H-pyrrole nitrogens is 1. The van der Waals surface area contributed by atoms with Crippen molar-refractivity contribution in [2.24, 2.45) is 0 Å². The zero-order valence-corrected chi connectivity index (χ0v) is 12.3. The Labute approximate surface area is 126 Å². The number of hydrogen-bond donors (Lipinski definition) is 2. The van der Waals surface area contributed by atoms with Crippen LogP contribution in [-0.2, 0) is 11.2 Å². The fourth-order valence-corrected chi connectivity index (χ4v) is 2.36. The lowest BCUT2D eigenvalue weighted by atomic mass is 10.1. The van der Waals surface area contributed by atoms with Gasteiger partial charge in [-0.1, -0.05) is 0 Å². The van der Waals surface area contributed by atoms with Crippen LogP contribution in [0.1, 0.15) is 25.5 Å². The van der Waals surface area contributed by atoms with Crippen molar-refractivity contribution < 1.29 is 9.18 Å². The highest BCUT2D eigenvalue weighted by molar-refractivity contribution is 5.94. The Kier molecular flexibility index (Phi) is 3.62. The Bertz CT molecular complexity index is 820. The van der Waals surface area contributed by atoms with Gasteiger partial charge >= 0.3 is 0 Å². The van der Waals surface area contributed by atoms with Crippen molar-refractivity contribution in [1.29, 1.82) is 0 Å². The van der Waals surface area contributed by atoms with E-state index in [1.807, 2.05) is 13.8 Å². The van der Waals surface area contributed by atoms with Crippen molar-refractivity contribution >= 4 is 22.8 Å². The molecule has 0 aliphatic carbocycles. The number of aromatic amines is 1. The van der Waals surface area contributed by atoms with Crippen molar-refractivity contribution in [1.82, 2.24) is 19.7 Å². The average Bonchev–Trinajstić information content (AvgIpc) is 3.06. The summed E-state index contributed by atoms with van der Waals surface area (Å²) in [5.41, 5.74) is 1.54. The molecule has 2 N–H and O–H groups in total. The maximum atomic E-state index is 13.3. The highest BCUT2D eigenvalue weighted by Crippen LogP contribution is 2.20. The van der Waals surface area contributed by atoms with Crippen LogP contribution in [0.3, 0.4) is 0 Å². The first-order chi connectivity index (χ1) is 10.5. The number of fused-ring (bicyclic) bond motifs is 1. The van der Waals surface area contributed by atoms with Crippen LogP contribution < -0.4 is 5.32 Å². The molecule has 1 amide bonds. The number of rotatable bonds is 4. The topological polar surface area (TPSA) is 75.6 Å². The minimum atomic E-state index is -0.326. The van der Waals surface area contributed by atoms with Crippen LogP contribution in [0.5, 0.6) is 0 Å². The molecule has 0 saturated heterocycles. The van der Waals surface area contributed by atoms with E-state index in [9.17, 15) is 9.18 Å². The van der Waals surface area contributed by atoms with E-state index in [2.05, 4.69) is 20.4 Å². The van der Waals surface area contributed by atoms with E-state index in [1.165, 1.54) is 18.5 Å². The summed E-state index contributed by atoms with van der Waals surface area (Å²) in [6, 6.07) is 4.56. The van der Waals surface area contributed by atoms with E-state index in [0.717, 1.165) is 11.1 Å². The second kappa shape index (κ2) is 5.59. The Morgan fingerprint density at radius 3 is 3.05 bits per heavy atom. The number of aromatic nitrogens is 4. The van der Waals surface area contributed by atoms with Crippen molar-refractivity contribution in [2.45, 2.75) is 26.3 Å². The van der Waals surface area contributed by atoms with Gasteiger partial charge in [0.15, 0.2) is 0 Å². The van der Waals surface area contributed by atoms with Crippen LogP contribution in [0.4, 0.5) is 10.3 Å². The summed E-state index contributed by atoms with van der Waals surface area (Å²) in [6.07, 6.45) is 3.25. The molecule has 22 heavy (non-hydrogen) atoms. The monoisotopic (exact) mass is 301 g/mol. The first-order valence-electron chi connectivity index (χ1n) is 6.99. The summed E-state index contributed by atoms with van der Waals surface area (Å²) in [7, 11) is 0. The molecule has 1 aromatic carbocycles. The third kappa shape index (κ3) is 2.69. The third-order valence-electron chi connectivity index (χ3n) is 3.39. The SMILES string of the molecule is CC(C)n1ncnc1NC(=O)Cc1c[nH]c2ccc(F)cc12. The molecule has 0 unspecified atom stereocenters. The predicted octanol–water partition coefficient (Wildman–Crippen LogP) is 2.66. The van der Waals surface area contributed by atoms with Gasteiger partial charge in [0, 0.05) is 17.1 Å². The number of nitrogens with zero attached hydrogens (tertiary/aromatic N) is 3. The molecule has 0 saturated carbocycles. The minimum Gasteiger partial charge on any atom is -0.361 e. The molecule has 7 heteroatoms. The lowest BCUT2D eigenvalue weighted by Gasteiger charge is -2.09. The van der Waals surface area contributed by atoms with Crippen molar-refractivity contribution in [3.8, 4) is 0 Å². The molecule has 0 radical (unpaired) electrons. The fraction of sp³-hybridized carbons (Fsp3) is 0.267. The number of amides is 1. The summed E-state index contributed by atoms with van der Waals surface area (Å²) in [4.78, 5) is 19.2. The molecule has 6 nitrogen and oxygen atoms in total. The summed E-state index contributed by atoms with van der Waals surface area (Å²) in [6.45, 7) is 3.90. The Morgan fingerprint density at radius 2 is 2.27 bits per heavy atom. The number of nitrogens with one attached hydrogen (secondary N) is 2. The highest BCUT2D eigenvalue weighted by atomic mass is 19.1. The number of hydrogen-bond acceptors (Lipinski definition) is 3. The predicted molar refractivity (Wildman–Crippen MR) is 81.0 cm³/mol. The van der Waals surface area contributed by atoms with Crippen molar-refractivity contribution in [3.63, 3.8) is 0 Å². The van der Waals surface area contributed by atoms with Crippen LogP contribution in [0, 0.1) is 5.82 Å². The number of benzene rings is 1. The van der Waals surface area contributed by atoms with Gasteiger partial charge in [-0.3, -0.25) is 10.1 Å². The van der Waals surface area contributed by atoms with Gasteiger partial charge in [0.2, 0.25) is 11.9 Å². The second-order valence-corrected chi connectivity index (χ2v) is 5.35. The van der Waals surface area contributed by atoms with E-state index in [4.69, 9.17) is 0 Å². The summed E-state index contributed by atoms with van der Waals surface area (Å²) >= 11 is 0. The average molecular weight is 301 g/mol. The fourth-order valence-electron chi connectivity index (χ4n) is 2.36. The molecule has 2 aromatic heterocycles. The van der Waals surface area contributed by atoms with Gasteiger partial charge in [0.1, 0.15) is 12.1 Å². The van der Waals surface area contributed by atoms with Gasteiger partial charge in [-0.15, -0.1) is 0 Å². The standard InChI is InChI=1S/C15H16FN5O/c1-9(2)21-15(18-8-19-21)20-14(22)5-10-7-17-13-4-3-11(16)6-12(10)13/h3-4,6-9,17H,5H2,1-2H3,(H,18,19,20,22). The molecule has 2 heterocycles. The Morgan fingerprint density at radius 1 is 1.45 bits per heavy atom. The quantitative estimate of drug-likeness (QED) is 0.778. The lowest BCUT2D eigenvalue weighted by Crippen LogP contribution is -2.19. The number of halogens is 1. The Balaban J connectivity index is 1.78. The van der Waals surface area contributed by atoms with Crippen LogP contribution in [0.2, 0.25) is 0 Å². The molecule has 114 valence electrons. The molecule has 3 rings (SSSR count). The van der Waals surface area contributed by atoms with E-state index >= 15 is 0 Å². The van der Waals surface area contributed by atoms with Crippen LogP contribution in [-0.4, -0.2) is 25.7 Å². The van der Waals surface area contributed by atoms with E-state index in [1.54, 1.807) is 16.9 Å². The smallest absolute Gasteiger partial charge is 0.231 e. The molecule has 0 bridgehead atoms. The van der Waals surface area contributed by atoms with Crippen LogP contribution in [0.15, 0.2) is 30.7 Å². The molecule has 0 aliphatic heterocycles. The summed E-state index contributed by atoms with van der Waals surface area (Å²) in [5, 5.41) is 7.50. The van der Waals surface area contributed by atoms with Crippen molar-refractivity contribution in [3.05, 3.63) is 42.1 Å². The minimum absolute atomic E-state index is 0.0972. The molecular formula is C15H16FN5O. The van der Waals surface area contributed by atoms with Gasteiger partial charge in [-0.2, -0.15) is 10.1 Å². The molecule has 0 aliphatic rings. The van der Waals surface area contributed by atoms with Crippen LogP contribution in [0.25, 0.3) is 10.9 Å². The largest absolute Gasteiger partial charge is 0.361 e. The molecule has 0 spiro atoms. The first kappa shape index (κ1) is 14.2. The van der Waals surface area contributed by atoms with Gasteiger partial charge in [0.05, 0.1) is 12.5 Å². The van der Waals surface area contributed by atoms with Gasteiger partial charge in [-0.05, 0) is 37.6 Å². The van der Waals surface area contributed by atoms with E-state index < -0.39 is 0 Å². The number of carbonyl (C=O) groups excluding carboxylic acids is 1. The van der Waals surface area contributed by atoms with Gasteiger partial charge in [0.25, 0.3) is 0 Å². The summed E-state index contributed by atoms with van der Waals surface area (Å²) < 4.78 is 15.0. The molecule has 0 fully saturated rings. The second-order valence-electron chi connectivity index (χ2n) is 5.35. The molecule has 3 aromatic rings. The van der Waals surface area contributed by atoms with E-state index in [-0.39, 0.29) is 24.2 Å².